The number of carbonyl (C=O) groups excluding carboxylic acids is 1. The third-order valence-corrected chi connectivity index (χ3v) is 4.24. The molecule has 0 aliphatic rings. The molecule has 108 valence electrons. The van der Waals surface area contributed by atoms with Crippen molar-refractivity contribution < 1.29 is 9.32 Å². The van der Waals surface area contributed by atoms with Crippen molar-refractivity contribution in [1.29, 1.82) is 0 Å². The molecular weight excluding hydrogens is 308 g/mol. The molecule has 0 bridgehead atoms. The van der Waals surface area contributed by atoms with Gasteiger partial charge in [0.15, 0.2) is 5.13 Å². The largest absolute Gasteiger partial charge is 0.339 e. The normalized spacial score (nSPS) is 10.7. The number of thiophene rings is 1. The van der Waals surface area contributed by atoms with Crippen molar-refractivity contribution in [3.8, 4) is 10.7 Å². The molecule has 0 saturated carbocycles. The van der Waals surface area contributed by atoms with Crippen LogP contribution in [-0.4, -0.2) is 21.0 Å². The summed E-state index contributed by atoms with van der Waals surface area (Å²) in [5, 5.41) is 11.1. The molecule has 3 aromatic rings. The standard InChI is InChI=1S/C13H12N4O2S2/c18-10(15-13-14-6-8-21-13)4-1-5-11-16-12(17-19-11)9-3-2-7-20-9/h2-3,6-8H,1,4-5H2,(H,14,15,18). The maximum Gasteiger partial charge on any atom is 0.226 e. The molecule has 8 heteroatoms. The van der Waals surface area contributed by atoms with Gasteiger partial charge in [0.2, 0.25) is 17.6 Å². The fraction of sp³-hybridized carbons (Fsp3) is 0.231. The summed E-state index contributed by atoms with van der Waals surface area (Å²) in [5.41, 5.74) is 0. The molecule has 0 unspecified atom stereocenters. The Morgan fingerprint density at radius 3 is 3.05 bits per heavy atom. The second-order valence-corrected chi connectivity index (χ2v) is 6.07. The fourth-order valence-corrected chi connectivity index (χ4v) is 2.92. The van der Waals surface area contributed by atoms with E-state index in [2.05, 4.69) is 20.4 Å². The van der Waals surface area contributed by atoms with Crippen LogP contribution in [0.3, 0.4) is 0 Å². The Morgan fingerprint density at radius 2 is 2.29 bits per heavy atom. The minimum Gasteiger partial charge on any atom is -0.339 e. The monoisotopic (exact) mass is 320 g/mol. The Hall–Kier alpha value is -2.06. The number of amides is 1. The summed E-state index contributed by atoms with van der Waals surface area (Å²) in [6.07, 6.45) is 3.30. The lowest BCUT2D eigenvalue weighted by Gasteiger charge is -1.99. The smallest absolute Gasteiger partial charge is 0.226 e. The summed E-state index contributed by atoms with van der Waals surface area (Å²) in [4.78, 5) is 21.0. The van der Waals surface area contributed by atoms with Gasteiger partial charge in [-0.2, -0.15) is 4.98 Å². The second-order valence-electron chi connectivity index (χ2n) is 4.23. The van der Waals surface area contributed by atoms with Crippen LogP contribution in [0.5, 0.6) is 0 Å². The predicted octanol–water partition coefficient (Wildman–Crippen LogP) is 3.22. The Kier molecular flexibility index (Phi) is 4.37. The number of rotatable bonds is 6. The first-order valence-electron chi connectivity index (χ1n) is 6.37. The summed E-state index contributed by atoms with van der Waals surface area (Å²) >= 11 is 2.97. The zero-order valence-corrected chi connectivity index (χ0v) is 12.6. The number of nitrogens with zero attached hydrogens (tertiary/aromatic N) is 3. The molecule has 0 aromatic carbocycles. The van der Waals surface area contributed by atoms with Gasteiger partial charge in [-0.05, 0) is 17.9 Å². The van der Waals surface area contributed by atoms with Crippen LogP contribution in [0.25, 0.3) is 10.7 Å². The fourth-order valence-electron chi connectivity index (χ4n) is 1.73. The highest BCUT2D eigenvalue weighted by Crippen LogP contribution is 2.21. The van der Waals surface area contributed by atoms with Crippen LogP contribution in [0.15, 0.2) is 33.6 Å². The molecule has 3 rings (SSSR count). The molecule has 0 fully saturated rings. The topological polar surface area (TPSA) is 80.9 Å². The Morgan fingerprint density at radius 1 is 1.33 bits per heavy atom. The summed E-state index contributed by atoms with van der Waals surface area (Å²) in [5.74, 6) is 1.11. The highest BCUT2D eigenvalue weighted by Gasteiger charge is 2.10. The zero-order valence-electron chi connectivity index (χ0n) is 11.0. The SMILES string of the molecule is O=C(CCCc1nc(-c2cccs2)no1)Nc1nccs1. The predicted molar refractivity (Wildman–Crippen MR) is 81.3 cm³/mol. The number of hydrogen-bond donors (Lipinski definition) is 1. The maximum atomic E-state index is 11.7. The molecule has 3 heterocycles. The first kappa shape index (κ1) is 13.9. The first-order valence-corrected chi connectivity index (χ1v) is 8.13. The third kappa shape index (κ3) is 3.73. The molecular formula is C13H12N4O2S2. The summed E-state index contributed by atoms with van der Waals surface area (Å²) in [6, 6.07) is 3.89. The number of thiazole rings is 1. The van der Waals surface area contributed by atoms with E-state index in [1.54, 1.807) is 17.5 Å². The molecule has 6 nitrogen and oxygen atoms in total. The van der Waals surface area contributed by atoms with Crippen molar-refractivity contribution in [2.75, 3.05) is 5.32 Å². The van der Waals surface area contributed by atoms with Crippen molar-refractivity contribution >= 4 is 33.7 Å². The van der Waals surface area contributed by atoms with E-state index < -0.39 is 0 Å². The highest BCUT2D eigenvalue weighted by atomic mass is 32.1. The van der Waals surface area contributed by atoms with E-state index in [-0.39, 0.29) is 5.91 Å². The molecule has 21 heavy (non-hydrogen) atoms. The number of anilines is 1. The van der Waals surface area contributed by atoms with Crippen LogP contribution in [0.2, 0.25) is 0 Å². The van der Waals surface area contributed by atoms with E-state index in [0.717, 1.165) is 4.88 Å². The van der Waals surface area contributed by atoms with Gasteiger partial charge >= 0.3 is 0 Å². The van der Waals surface area contributed by atoms with E-state index in [9.17, 15) is 4.79 Å². The summed E-state index contributed by atoms with van der Waals surface area (Å²) in [7, 11) is 0. The average molecular weight is 320 g/mol. The van der Waals surface area contributed by atoms with Crippen molar-refractivity contribution in [2.45, 2.75) is 19.3 Å². The second kappa shape index (κ2) is 6.59. The van der Waals surface area contributed by atoms with Crippen LogP contribution in [0.4, 0.5) is 5.13 Å². The lowest BCUT2D eigenvalue weighted by molar-refractivity contribution is -0.116. The van der Waals surface area contributed by atoms with Crippen molar-refractivity contribution in [3.63, 3.8) is 0 Å². The molecule has 1 amide bonds. The quantitative estimate of drug-likeness (QED) is 0.754. The number of aryl methyl sites for hydroxylation is 1. The molecule has 1 N–H and O–H groups in total. The number of hydrogen-bond acceptors (Lipinski definition) is 7. The van der Waals surface area contributed by atoms with Crippen molar-refractivity contribution in [1.82, 2.24) is 15.1 Å². The van der Waals surface area contributed by atoms with Crippen LogP contribution in [0, 0.1) is 0 Å². The van der Waals surface area contributed by atoms with Gasteiger partial charge in [0.05, 0.1) is 4.88 Å². The maximum absolute atomic E-state index is 11.7. The molecule has 0 saturated heterocycles. The van der Waals surface area contributed by atoms with Gasteiger partial charge in [-0.25, -0.2) is 4.98 Å². The Labute approximate surface area is 128 Å². The first-order chi connectivity index (χ1) is 10.3. The molecule has 0 aliphatic heterocycles. The number of carbonyl (C=O) groups is 1. The van der Waals surface area contributed by atoms with E-state index in [1.165, 1.54) is 11.3 Å². The van der Waals surface area contributed by atoms with Gasteiger partial charge in [-0.15, -0.1) is 22.7 Å². The van der Waals surface area contributed by atoms with Crippen LogP contribution in [-0.2, 0) is 11.2 Å². The Bertz CT molecular complexity index is 692. The van der Waals surface area contributed by atoms with Gasteiger partial charge in [-0.3, -0.25) is 4.79 Å². The Balaban J connectivity index is 1.46. The lowest BCUT2D eigenvalue weighted by Crippen LogP contribution is -2.11. The molecule has 0 radical (unpaired) electrons. The van der Waals surface area contributed by atoms with Gasteiger partial charge in [0, 0.05) is 24.4 Å². The number of nitrogens with one attached hydrogen (secondary N) is 1. The van der Waals surface area contributed by atoms with Crippen LogP contribution in [0.1, 0.15) is 18.7 Å². The minimum atomic E-state index is -0.0528. The van der Waals surface area contributed by atoms with E-state index in [1.807, 2.05) is 22.9 Å². The highest BCUT2D eigenvalue weighted by molar-refractivity contribution is 7.13. The van der Waals surface area contributed by atoms with Crippen molar-refractivity contribution in [2.24, 2.45) is 0 Å². The molecule has 3 aromatic heterocycles. The van der Waals surface area contributed by atoms with Gasteiger partial charge in [0.25, 0.3) is 0 Å². The number of aromatic nitrogens is 3. The van der Waals surface area contributed by atoms with Gasteiger partial charge < -0.3 is 9.84 Å². The third-order valence-electron chi connectivity index (χ3n) is 2.68. The van der Waals surface area contributed by atoms with Gasteiger partial charge in [0.1, 0.15) is 0 Å². The van der Waals surface area contributed by atoms with Gasteiger partial charge in [-0.1, -0.05) is 11.2 Å². The minimum absolute atomic E-state index is 0.0528. The summed E-state index contributed by atoms with van der Waals surface area (Å²) < 4.78 is 5.18. The van der Waals surface area contributed by atoms with E-state index in [4.69, 9.17) is 4.52 Å². The average Bonchev–Trinajstić information content (AvgIpc) is 3.21. The zero-order chi connectivity index (χ0) is 14.5. The summed E-state index contributed by atoms with van der Waals surface area (Å²) in [6.45, 7) is 0. The molecule has 0 spiro atoms. The molecule has 0 aliphatic carbocycles. The van der Waals surface area contributed by atoms with Crippen LogP contribution >= 0.6 is 22.7 Å². The van der Waals surface area contributed by atoms with E-state index >= 15 is 0 Å². The van der Waals surface area contributed by atoms with E-state index in [0.29, 0.717) is 36.1 Å². The van der Waals surface area contributed by atoms with Crippen molar-refractivity contribution in [3.05, 3.63) is 35.0 Å². The molecule has 0 atom stereocenters. The van der Waals surface area contributed by atoms with Crippen LogP contribution < -0.4 is 5.32 Å². The lowest BCUT2D eigenvalue weighted by atomic mass is 10.2.